The second-order valence-electron chi connectivity index (χ2n) is 4.53. The molecule has 2 aromatic rings. The number of carbonyl (C=O) groups is 1. The van der Waals surface area contributed by atoms with Crippen LogP contribution in [-0.4, -0.2) is 11.1 Å². The number of rotatable bonds is 4. The van der Waals surface area contributed by atoms with Crippen molar-refractivity contribution in [3.63, 3.8) is 0 Å². The van der Waals surface area contributed by atoms with Gasteiger partial charge in [0.2, 0.25) is 0 Å². The molecule has 2 rings (SSSR count). The predicted octanol–water partition coefficient (Wildman–Crippen LogP) is 3.58. The van der Waals surface area contributed by atoms with E-state index in [0.29, 0.717) is 12.4 Å². The molecule has 0 unspecified atom stereocenters. The smallest absolute Gasteiger partial charge is 0.339 e. The Labute approximate surface area is 112 Å². The van der Waals surface area contributed by atoms with Crippen LogP contribution in [0.15, 0.2) is 42.5 Å². The molecule has 3 heteroatoms. The highest BCUT2D eigenvalue weighted by Crippen LogP contribution is 2.25. The van der Waals surface area contributed by atoms with Crippen LogP contribution in [0, 0.1) is 13.8 Å². The average molecular weight is 256 g/mol. The van der Waals surface area contributed by atoms with Crippen molar-refractivity contribution in [1.29, 1.82) is 0 Å². The van der Waals surface area contributed by atoms with Crippen LogP contribution in [0.25, 0.3) is 0 Å². The molecule has 1 N–H and O–H groups in total. The number of aromatic carboxylic acids is 1. The fourth-order valence-corrected chi connectivity index (χ4v) is 2.05. The fourth-order valence-electron chi connectivity index (χ4n) is 2.05. The summed E-state index contributed by atoms with van der Waals surface area (Å²) in [5, 5.41) is 9.25. The number of aryl methyl sites for hydroxylation is 2. The molecular formula is C16H16O3. The summed E-state index contributed by atoms with van der Waals surface area (Å²) in [6, 6.07) is 13.3. The van der Waals surface area contributed by atoms with Crippen molar-refractivity contribution in [2.45, 2.75) is 20.5 Å². The monoisotopic (exact) mass is 256 g/mol. The Hall–Kier alpha value is -2.29. The van der Waals surface area contributed by atoms with E-state index in [1.165, 1.54) is 0 Å². The van der Waals surface area contributed by atoms with Crippen LogP contribution in [0.4, 0.5) is 0 Å². The summed E-state index contributed by atoms with van der Waals surface area (Å²) >= 11 is 0. The largest absolute Gasteiger partial charge is 0.488 e. The summed E-state index contributed by atoms with van der Waals surface area (Å²) < 4.78 is 5.67. The van der Waals surface area contributed by atoms with Crippen molar-refractivity contribution in [3.05, 3.63) is 64.7 Å². The second kappa shape index (κ2) is 5.57. The highest BCUT2D eigenvalue weighted by molar-refractivity contribution is 5.92. The standard InChI is InChI=1S/C16H16O3/c1-11-8-12(2)15(16(17)18)14(9-11)19-10-13-6-4-3-5-7-13/h3-9H,10H2,1-2H3,(H,17,18). The molecule has 0 fully saturated rings. The molecule has 0 saturated heterocycles. The van der Waals surface area contributed by atoms with Gasteiger partial charge in [-0.3, -0.25) is 0 Å². The minimum atomic E-state index is -0.958. The van der Waals surface area contributed by atoms with E-state index in [4.69, 9.17) is 4.74 Å². The highest BCUT2D eigenvalue weighted by atomic mass is 16.5. The minimum absolute atomic E-state index is 0.238. The van der Waals surface area contributed by atoms with Gasteiger partial charge in [-0.05, 0) is 36.6 Å². The van der Waals surface area contributed by atoms with Gasteiger partial charge in [-0.2, -0.15) is 0 Å². The van der Waals surface area contributed by atoms with Gasteiger partial charge in [-0.25, -0.2) is 4.79 Å². The first kappa shape index (κ1) is 13.1. The summed E-state index contributed by atoms with van der Waals surface area (Å²) in [4.78, 5) is 11.3. The van der Waals surface area contributed by atoms with Crippen molar-refractivity contribution < 1.29 is 14.6 Å². The molecule has 0 aliphatic heterocycles. The first-order valence-corrected chi connectivity index (χ1v) is 6.09. The van der Waals surface area contributed by atoms with Crippen LogP contribution in [0.2, 0.25) is 0 Å². The molecule has 0 aliphatic rings. The lowest BCUT2D eigenvalue weighted by Gasteiger charge is -2.12. The van der Waals surface area contributed by atoms with Gasteiger partial charge in [-0.1, -0.05) is 36.4 Å². The van der Waals surface area contributed by atoms with Crippen LogP contribution in [0.3, 0.4) is 0 Å². The molecule has 3 nitrogen and oxygen atoms in total. The Morgan fingerprint density at radius 1 is 1.16 bits per heavy atom. The molecule has 0 bridgehead atoms. The van der Waals surface area contributed by atoms with Gasteiger partial charge in [0, 0.05) is 0 Å². The summed E-state index contributed by atoms with van der Waals surface area (Å²) in [6.45, 7) is 4.07. The first-order valence-electron chi connectivity index (χ1n) is 6.09. The van der Waals surface area contributed by atoms with Gasteiger partial charge in [0.05, 0.1) is 0 Å². The van der Waals surface area contributed by atoms with E-state index >= 15 is 0 Å². The van der Waals surface area contributed by atoms with E-state index in [9.17, 15) is 9.90 Å². The zero-order valence-corrected chi connectivity index (χ0v) is 11.0. The van der Waals surface area contributed by atoms with E-state index in [1.807, 2.05) is 43.3 Å². The molecule has 0 atom stereocenters. The molecular weight excluding hydrogens is 240 g/mol. The van der Waals surface area contributed by atoms with Crippen molar-refractivity contribution in [1.82, 2.24) is 0 Å². The summed E-state index contributed by atoms with van der Waals surface area (Å²) in [7, 11) is 0. The summed E-state index contributed by atoms with van der Waals surface area (Å²) in [5.41, 5.74) is 2.96. The third-order valence-electron chi connectivity index (χ3n) is 2.89. The van der Waals surface area contributed by atoms with E-state index in [2.05, 4.69) is 0 Å². The van der Waals surface area contributed by atoms with E-state index < -0.39 is 5.97 Å². The van der Waals surface area contributed by atoms with E-state index in [1.54, 1.807) is 13.0 Å². The maximum absolute atomic E-state index is 11.3. The number of hydrogen-bond acceptors (Lipinski definition) is 2. The number of carboxylic acid groups (broad SMARTS) is 1. The third-order valence-corrected chi connectivity index (χ3v) is 2.89. The fraction of sp³-hybridized carbons (Fsp3) is 0.188. The zero-order chi connectivity index (χ0) is 13.8. The molecule has 0 heterocycles. The Bertz CT molecular complexity index is 588. The lowest BCUT2D eigenvalue weighted by atomic mass is 10.0. The third kappa shape index (κ3) is 3.13. The lowest BCUT2D eigenvalue weighted by Crippen LogP contribution is -2.06. The van der Waals surface area contributed by atoms with Crippen molar-refractivity contribution in [3.8, 4) is 5.75 Å². The summed E-state index contributed by atoms with van der Waals surface area (Å²) in [5.74, 6) is -0.533. The van der Waals surface area contributed by atoms with Gasteiger partial charge in [0.25, 0.3) is 0 Å². The molecule has 0 aromatic heterocycles. The van der Waals surface area contributed by atoms with Crippen LogP contribution < -0.4 is 4.74 Å². The van der Waals surface area contributed by atoms with Crippen LogP contribution in [0.1, 0.15) is 27.0 Å². The van der Waals surface area contributed by atoms with Crippen LogP contribution in [-0.2, 0) is 6.61 Å². The summed E-state index contributed by atoms with van der Waals surface area (Å²) in [6.07, 6.45) is 0. The molecule has 2 aromatic carbocycles. The van der Waals surface area contributed by atoms with Crippen molar-refractivity contribution in [2.75, 3.05) is 0 Å². The van der Waals surface area contributed by atoms with Gasteiger partial charge in [0.15, 0.2) is 0 Å². The first-order chi connectivity index (χ1) is 9.08. The van der Waals surface area contributed by atoms with Gasteiger partial charge in [-0.15, -0.1) is 0 Å². The molecule has 0 amide bonds. The zero-order valence-electron chi connectivity index (χ0n) is 11.0. The maximum Gasteiger partial charge on any atom is 0.339 e. The highest BCUT2D eigenvalue weighted by Gasteiger charge is 2.15. The normalized spacial score (nSPS) is 10.2. The lowest BCUT2D eigenvalue weighted by molar-refractivity contribution is 0.0691. The molecule has 0 spiro atoms. The minimum Gasteiger partial charge on any atom is -0.488 e. The van der Waals surface area contributed by atoms with Gasteiger partial charge < -0.3 is 9.84 Å². The van der Waals surface area contributed by atoms with Crippen LogP contribution in [0.5, 0.6) is 5.75 Å². The molecule has 98 valence electrons. The second-order valence-corrected chi connectivity index (χ2v) is 4.53. The number of benzene rings is 2. The Morgan fingerprint density at radius 2 is 1.84 bits per heavy atom. The molecule has 0 radical (unpaired) electrons. The van der Waals surface area contributed by atoms with Gasteiger partial charge >= 0.3 is 5.97 Å². The molecule has 0 aliphatic carbocycles. The van der Waals surface area contributed by atoms with Crippen molar-refractivity contribution in [2.24, 2.45) is 0 Å². The van der Waals surface area contributed by atoms with E-state index in [-0.39, 0.29) is 5.56 Å². The molecule has 0 saturated carbocycles. The quantitative estimate of drug-likeness (QED) is 0.909. The number of hydrogen-bond donors (Lipinski definition) is 1. The van der Waals surface area contributed by atoms with Crippen molar-refractivity contribution >= 4 is 5.97 Å². The predicted molar refractivity (Wildman–Crippen MR) is 73.6 cm³/mol. The van der Waals surface area contributed by atoms with E-state index in [0.717, 1.165) is 16.7 Å². The Kier molecular flexibility index (Phi) is 3.85. The number of ether oxygens (including phenoxy) is 1. The average Bonchev–Trinajstić information content (AvgIpc) is 2.36. The SMILES string of the molecule is Cc1cc(C)c(C(=O)O)c(OCc2ccccc2)c1. The molecule has 19 heavy (non-hydrogen) atoms. The van der Waals surface area contributed by atoms with Gasteiger partial charge in [0.1, 0.15) is 17.9 Å². The number of carboxylic acids is 1. The Morgan fingerprint density at radius 3 is 2.47 bits per heavy atom. The maximum atomic E-state index is 11.3. The topological polar surface area (TPSA) is 46.5 Å². The Balaban J connectivity index is 2.27. The van der Waals surface area contributed by atoms with Crippen LogP contribution >= 0.6 is 0 Å².